The molecule has 0 amide bonds. The van der Waals surface area contributed by atoms with Gasteiger partial charge in [-0.1, -0.05) is 57.7 Å². The molecule has 1 unspecified atom stereocenters. The van der Waals surface area contributed by atoms with Crippen molar-refractivity contribution in [3.05, 3.63) is 0 Å². The molecule has 1 atom stereocenters. The van der Waals surface area contributed by atoms with E-state index in [1.54, 1.807) is 0 Å². The van der Waals surface area contributed by atoms with Crippen LogP contribution in [-0.2, 0) is 9.22 Å². The van der Waals surface area contributed by atoms with Crippen LogP contribution in [0.2, 0.25) is 12.6 Å². The summed E-state index contributed by atoms with van der Waals surface area (Å²) in [6.07, 6.45) is 7.96. The summed E-state index contributed by atoms with van der Waals surface area (Å²) in [5.41, 5.74) is 0. The van der Waals surface area contributed by atoms with Crippen molar-refractivity contribution in [2.24, 2.45) is 0 Å². The summed E-state index contributed by atoms with van der Waals surface area (Å²) >= 11 is 1.53. The molecule has 0 aliphatic rings. The van der Waals surface area contributed by atoms with Crippen molar-refractivity contribution in [3.8, 4) is 0 Å². The summed E-state index contributed by atoms with van der Waals surface area (Å²) in [6.45, 7) is 8.47. The van der Waals surface area contributed by atoms with Crippen LogP contribution in [0, 0.1) is 0 Å². The monoisotopic (exact) mass is 347 g/mol. The van der Waals surface area contributed by atoms with E-state index in [0.717, 1.165) is 43.8 Å². The van der Waals surface area contributed by atoms with Crippen LogP contribution in [0.3, 0.4) is 0 Å². The summed E-state index contributed by atoms with van der Waals surface area (Å²) < 4.78 is 6.21. The second kappa shape index (κ2) is 13.6. The van der Waals surface area contributed by atoms with Crippen LogP contribution in [0.25, 0.3) is 0 Å². The van der Waals surface area contributed by atoms with E-state index in [9.17, 15) is 4.79 Å². The standard InChI is InChI=1S/C17H37NO2SSi/c1-6-8-9-10-11-12-17(19)21-16-22(5,15-7-2)20-14-13-18(3)4/h6-16H2,1-5H3. The Labute approximate surface area is 143 Å². The normalized spacial score (nSPS) is 14.3. The molecule has 132 valence electrons. The highest BCUT2D eigenvalue weighted by molar-refractivity contribution is 8.14. The third-order valence-electron chi connectivity index (χ3n) is 3.79. The smallest absolute Gasteiger partial charge is 0.199 e. The highest BCUT2D eigenvalue weighted by Gasteiger charge is 2.29. The number of hydrogen-bond acceptors (Lipinski definition) is 4. The maximum absolute atomic E-state index is 12.0. The molecule has 0 heterocycles. The largest absolute Gasteiger partial charge is 0.415 e. The molecule has 0 aromatic carbocycles. The molecular weight excluding hydrogens is 310 g/mol. The van der Waals surface area contributed by atoms with Gasteiger partial charge in [0, 0.05) is 24.9 Å². The van der Waals surface area contributed by atoms with E-state index in [-0.39, 0.29) is 0 Å². The summed E-state index contributed by atoms with van der Waals surface area (Å²) in [7, 11) is 2.41. The second-order valence-corrected chi connectivity index (χ2v) is 12.3. The number of carbonyl (C=O) groups is 1. The van der Waals surface area contributed by atoms with E-state index in [4.69, 9.17) is 4.43 Å². The van der Waals surface area contributed by atoms with Crippen molar-refractivity contribution in [1.29, 1.82) is 0 Å². The predicted octanol–water partition coefficient (Wildman–Crippen LogP) is 4.71. The van der Waals surface area contributed by atoms with Gasteiger partial charge in [0.05, 0.1) is 0 Å². The van der Waals surface area contributed by atoms with Crippen LogP contribution in [0.1, 0.15) is 58.8 Å². The Morgan fingerprint density at radius 2 is 1.77 bits per heavy atom. The lowest BCUT2D eigenvalue weighted by Crippen LogP contribution is -2.40. The Morgan fingerprint density at radius 3 is 2.36 bits per heavy atom. The number of carbonyl (C=O) groups excluding carboxylic acids is 1. The van der Waals surface area contributed by atoms with Crippen LogP contribution >= 0.6 is 11.8 Å². The third-order valence-corrected chi connectivity index (χ3v) is 9.80. The van der Waals surface area contributed by atoms with Gasteiger partial charge in [-0.25, -0.2) is 0 Å². The zero-order valence-electron chi connectivity index (χ0n) is 15.5. The minimum atomic E-state index is -1.72. The maximum Gasteiger partial charge on any atom is 0.199 e. The first-order chi connectivity index (χ1) is 10.4. The van der Waals surface area contributed by atoms with E-state index in [0.29, 0.717) is 5.12 Å². The second-order valence-electron chi connectivity index (χ2n) is 6.68. The quantitative estimate of drug-likeness (QED) is 0.336. The van der Waals surface area contributed by atoms with Crippen LogP contribution in [0.4, 0.5) is 0 Å². The molecule has 0 spiro atoms. The summed E-state index contributed by atoms with van der Waals surface area (Å²) in [5, 5.41) is 1.28. The first-order valence-corrected chi connectivity index (χ1v) is 12.7. The van der Waals surface area contributed by atoms with Crippen molar-refractivity contribution in [2.45, 2.75) is 71.4 Å². The van der Waals surface area contributed by atoms with E-state index >= 15 is 0 Å². The van der Waals surface area contributed by atoms with Gasteiger partial charge in [0.25, 0.3) is 0 Å². The van der Waals surface area contributed by atoms with Crippen molar-refractivity contribution in [2.75, 3.05) is 32.6 Å². The molecule has 22 heavy (non-hydrogen) atoms. The number of thioether (sulfide) groups is 1. The molecule has 0 saturated carbocycles. The molecule has 0 aliphatic heterocycles. The highest BCUT2D eigenvalue weighted by Crippen LogP contribution is 2.22. The molecular formula is C17H37NO2SSi. The fourth-order valence-corrected chi connectivity index (χ4v) is 7.22. The van der Waals surface area contributed by atoms with Gasteiger partial charge in [-0.05, 0) is 33.1 Å². The fourth-order valence-electron chi connectivity index (χ4n) is 2.37. The summed E-state index contributed by atoms with van der Waals surface area (Å²) in [6, 6.07) is 1.15. The van der Waals surface area contributed by atoms with Gasteiger partial charge >= 0.3 is 0 Å². The van der Waals surface area contributed by atoms with Gasteiger partial charge in [-0.3, -0.25) is 4.79 Å². The number of likely N-dealkylation sites (N-methyl/N-ethyl adjacent to an activating group) is 1. The molecule has 0 N–H and O–H groups in total. The van der Waals surface area contributed by atoms with Gasteiger partial charge in [0.1, 0.15) is 0 Å². The SMILES string of the molecule is CCCCCCCC(=O)SC[Si](C)(CCC)OCCN(C)C. The van der Waals surface area contributed by atoms with Gasteiger partial charge < -0.3 is 9.33 Å². The van der Waals surface area contributed by atoms with Crippen molar-refractivity contribution < 1.29 is 9.22 Å². The first kappa shape index (κ1) is 22.2. The zero-order chi connectivity index (χ0) is 16.8. The average molecular weight is 348 g/mol. The lowest BCUT2D eigenvalue weighted by Gasteiger charge is -2.27. The lowest BCUT2D eigenvalue weighted by atomic mass is 10.1. The Bertz CT molecular complexity index is 290. The van der Waals surface area contributed by atoms with Gasteiger partial charge in [0.2, 0.25) is 0 Å². The van der Waals surface area contributed by atoms with E-state index in [1.165, 1.54) is 37.4 Å². The Kier molecular flexibility index (Phi) is 13.7. The number of rotatable bonds is 14. The number of hydrogen-bond donors (Lipinski definition) is 0. The fraction of sp³-hybridized carbons (Fsp3) is 0.941. The Morgan fingerprint density at radius 1 is 1.09 bits per heavy atom. The molecule has 5 heteroatoms. The molecule has 0 bridgehead atoms. The minimum absolute atomic E-state index is 0.363. The molecule has 0 aromatic rings. The molecule has 0 aromatic heterocycles. The molecule has 0 saturated heterocycles. The Balaban J connectivity index is 3.97. The highest BCUT2D eigenvalue weighted by atomic mass is 32.2. The Hall–Kier alpha value is 0.157. The average Bonchev–Trinajstić information content (AvgIpc) is 2.45. The third kappa shape index (κ3) is 12.7. The molecule has 0 aliphatic carbocycles. The van der Waals surface area contributed by atoms with Gasteiger partial charge in [-0.2, -0.15) is 0 Å². The predicted molar refractivity (Wildman–Crippen MR) is 102 cm³/mol. The minimum Gasteiger partial charge on any atom is -0.415 e. The number of nitrogens with zero attached hydrogens (tertiary/aromatic N) is 1. The van der Waals surface area contributed by atoms with Gasteiger partial charge in [0.15, 0.2) is 13.4 Å². The first-order valence-electron chi connectivity index (χ1n) is 8.88. The van der Waals surface area contributed by atoms with Crippen LogP contribution < -0.4 is 0 Å². The zero-order valence-corrected chi connectivity index (χ0v) is 17.3. The van der Waals surface area contributed by atoms with Crippen molar-refractivity contribution >= 4 is 25.2 Å². The van der Waals surface area contributed by atoms with Crippen LogP contribution in [-0.4, -0.2) is 51.0 Å². The lowest BCUT2D eigenvalue weighted by molar-refractivity contribution is -0.111. The maximum atomic E-state index is 12.0. The topological polar surface area (TPSA) is 29.5 Å². The van der Waals surface area contributed by atoms with E-state index < -0.39 is 8.32 Å². The van der Waals surface area contributed by atoms with E-state index in [2.05, 4.69) is 39.4 Å². The molecule has 0 radical (unpaired) electrons. The van der Waals surface area contributed by atoms with Crippen LogP contribution in [0.5, 0.6) is 0 Å². The van der Waals surface area contributed by atoms with Crippen molar-refractivity contribution in [3.63, 3.8) is 0 Å². The molecule has 0 fully saturated rings. The molecule has 0 rings (SSSR count). The number of unbranched alkanes of at least 4 members (excludes halogenated alkanes) is 4. The van der Waals surface area contributed by atoms with Crippen molar-refractivity contribution in [1.82, 2.24) is 4.90 Å². The van der Waals surface area contributed by atoms with Crippen LogP contribution in [0.15, 0.2) is 0 Å². The molecule has 3 nitrogen and oxygen atoms in total. The van der Waals surface area contributed by atoms with E-state index in [1.807, 2.05) is 0 Å². The van der Waals surface area contributed by atoms with Gasteiger partial charge in [-0.15, -0.1) is 0 Å². The summed E-state index contributed by atoms with van der Waals surface area (Å²) in [4.78, 5) is 14.2. The summed E-state index contributed by atoms with van der Waals surface area (Å²) in [5.74, 6) is 0.